The molecule has 0 radical (unpaired) electrons. The second kappa shape index (κ2) is 5.93. The van der Waals surface area contributed by atoms with Gasteiger partial charge in [-0.2, -0.15) is 0 Å². The SMILES string of the molecule is CCNCc1sc(CS(=O)(=O)C(C)C)nc1C. The Hall–Kier alpha value is -0.460. The van der Waals surface area contributed by atoms with Gasteiger partial charge < -0.3 is 5.32 Å². The molecule has 0 unspecified atom stereocenters. The van der Waals surface area contributed by atoms with Crippen molar-refractivity contribution in [3.05, 3.63) is 15.6 Å². The second-order valence-corrected chi connectivity index (χ2v) is 7.98. The molecule has 0 aliphatic rings. The summed E-state index contributed by atoms with van der Waals surface area (Å²) in [4.78, 5) is 5.46. The molecule has 4 nitrogen and oxygen atoms in total. The summed E-state index contributed by atoms with van der Waals surface area (Å²) in [5, 5.41) is 3.58. The third kappa shape index (κ3) is 4.04. The first-order valence-corrected chi connectivity index (χ1v) is 8.27. The fraction of sp³-hybridized carbons (Fsp3) is 0.727. The fourth-order valence-electron chi connectivity index (χ4n) is 1.29. The standard InChI is InChI=1S/C11H20N2O2S2/c1-5-12-6-10-9(4)13-11(16-10)7-17(14,15)8(2)3/h8,12H,5-7H2,1-4H3. The van der Waals surface area contributed by atoms with Crippen LogP contribution in [0.2, 0.25) is 0 Å². The van der Waals surface area contributed by atoms with E-state index < -0.39 is 9.84 Å². The number of aryl methyl sites for hydroxylation is 1. The summed E-state index contributed by atoms with van der Waals surface area (Å²) in [6.07, 6.45) is 0. The molecule has 1 rings (SSSR count). The molecule has 0 amide bonds. The Balaban J connectivity index is 2.80. The molecule has 6 heteroatoms. The van der Waals surface area contributed by atoms with Gasteiger partial charge >= 0.3 is 0 Å². The molecule has 0 aliphatic heterocycles. The molecule has 1 heterocycles. The molecule has 1 aromatic heterocycles. The average molecular weight is 276 g/mol. The average Bonchev–Trinajstić information content (AvgIpc) is 2.55. The van der Waals surface area contributed by atoms with Crippen molar-refractivity contribution in [2.45, 2.75) is 45.2 Å². The van der Waals surface area contributed by atoms with Crippen LogP contribution in [0.5, 0.6) is 0 Å². The molecule has 0 aromatic carbocycles. The van der Waals surface area contributed by atoms with Crippen LogP contribution in [0, 0.1) is 6.92 Å². The van der Waals surface area contributed by atoms with E-state index in [4.69, 9.17) is 0 Å². The van der Waals surface area contributed by atoms with Crippen LogP contribution in [0.1, 0.15) is 36.3 Å². The molecule has 1 N–H and O–H groups in total. The first-order valence-electron chi connectivity index (χ1n) is 5.74. The van der Waals surface area contributed by atoms with Crippen LogP contribution in [0.15, 0.2) is 0 Å². The molecule has 0 spiro atoms. The van der Waals surface area contributed by atoms with Gasteiger partial charge in [-0.15, -0.1) is 11.3 Å². The number of nitrogens with zero attached hydrogens (tertiary/aromatic N) is 1. The fourth-order valence-corrected chi connectivity index (χ4v) is 3.60. The molecule has 98 valence electrons. The zero-order valence-electron chi connectivity index (χ0n) is 10.8. The van der Waals surface area contributed by atoms with Crippen molar-refractivity contribution in [3.63, 3.8) is 0 Å². The maximum absolute atomic E-state index is 11.8. The molecule has 0 saturated carbocycles. The Morgan fingerprint density at radius 3 is 2.59 bits per heavy atom. The summed E-state index contributed by atoms with van der Waals surface area (Å²) in [5.41, 5.74) is 0.935. The monoisotopic (exact) mass is 276 g/mol. The Morgan fingerprint density at radius 2 is 2.06 bits per heavy atom. The summed E-state index contributed by atoms with van der Waals surface area (Å²) in [6.45, 7) is 9.04. The first-order chi connectivity index (χ1) is 7.86. The van der Waals surface area contributed by atoms with Gasteiger partial charge in [0.1, 0.15) is 10.8 Å². The van der Waals surface area contributed by atoms with E-state index in [9.17, 15) is 8.42 Å². The van der Waals surface area contributed by atoms with Crippen molar-refractivity contribution in [3.8, 4) is 0 Å². The maximum atomic E-state index is 11.8. The minimum Gasteiger partial charge on any atom is -0.312 e. The summed E-state index contributed by atoms with van der Waals surface area (Å²) in [7, 11) is -3.05. The van der Waals surface area contributed by atoms with Crippen molar-refractivity contribution < 1.29 is 8.42 Å². The van der Waals surface area contributed by atoms with Crippen molar-refractivity contribution in [2.75, 3.05) is 6.54 Å². The normalized spacial score (nSPS) is 12.3. The Kier molecular flexibility index (Phi) is 5.09. The van der Waals surface area contributed by atoms with Gasteiger partial charge in [-0.1, -0.05) is 6.92 Å². The van der Waals surface area contributed by atoms with Crippen LogP contribution >= 0.6 is 11.3 Å². The van der Waals surface area contributed by atoms with Crippen LogP contribution in [-0.2, 0) is 22.1 Å². The molecular formula is C11H20N2O2S2. The molecule has 0 aliphatic carbocycles. The Morgan fingerprint density at radius 1 is 1.41 bits per heavy atom. The van der Waals surface area contributed by atoms with E-state index in [-0.39, 0.29) is 11.0 Å². The molecule has 0 saturated heterocycles. The highest BCUT2D eigenvalue weighted by Gasteiger charge is 2.19. The smallest absolute Gasteiger partial charge is 0.159 e. The van der Waals surface area contributed by atoms with E-state index in [1.165, 1.54) is 11.3 Å². The summed E-state index contributed by atoms with van der Waals surface area (Å²) < 4.78 is 23.6. The predicted molar refractivity (Wildman–Crippen MR) is 72.0 cm³/mol. The number of aromatic nitrogens is 1. The molecule has 17 heavy (non-hydrogen) atoms. The van der Waals surface area contributed by atoms with Crippen molar-refractivity contribution in [1.82, 2.24) is 10.3 Å². The van der Waals surface area contributed by atoms with Crippen LogP contribution in [0.25, 0.3) is 0 Å². The van der Waals surface area contributed by atoms with E-state index in [1.54, 1.807) is 13.8 Å². The molecule has 1 aromatic rings. The summed E-state index contributed by atoms with van der Waals surface area (Å²) in [6, 6.07) is 0. The molecule has 0 atom stereocenters. The second-order valence-electron chi connectivity index (χ2n) is 4.25. The van der Waals surface area contributed by atoms with E-state index >= 15 is 0 Å². The summed E-state index contributed by atoms with van der Waals surface area (Å²) in [5.74, 6) is 0.0578. The molecule has 0 bridgehead atoms. The van der Waals surface area contributed by atoms with Crippen LogP contribution in [-0.4, -0.2) is 25.2 Å². The third-order valence-corrected chi connectivity index (χ3v) is 5.97. The van der Waals surface area contributed by atoms with Gasteiger partial charge in [0.2, 0.25) is 0 Å². The highest BCUT2D eigenvalue weighted by Crippen LogP contribution is 2.21. The van der Waals surface area contributed by atoms with Gasteiger partial charge in [0.25, 0.3) is 0 Å². The zero-order valence-corrected chi connectivity index (χ0v) is 12.4. The van der Waals surface area contributed by atoms with Gasteiger partial charge in [-0.3, -0.25) is 0 Å². The lowest BCUT2D eigenvalue weighted by Crippen LogP contribution is -2.15. The Bertz CT molecular complexity index is 464. The van der Waals surface area contributed by atoms with E-state index in [0.29, 0.717) is 5.01 Å². The van der Waals surface area contributed by atoms with Gasteiger partial charge in [0.05, 0.1) is 10.9 Å². The van der Waals surface area contributed by atoms with E-state index in [1.807, 2.05) is 13.8 Å². The Labute approximate surface area is 107 Å². The highest BCUT2D eigenvalue weighted by molar-refractivity contribution is 7.91. The van der Waals surface area contributed by atoms with Crippen molar-refractivity contribution >= 4 is 21.2 Å². The third-order valence-electron chi connectivity index (χ3n) is 2.52. The lowest BCUT2D eigenvalue weighted by atomic mass is 10.4. The van der Waals surface area contributed by atoms with Crippen LogP contribution in [0.4, 0.5) is 0 Å². The highest BCUT2D eigenvalue weighted by atomic mass is 32.2. The topological polar surface area (TPSA) is 59.1 Å². The van der Waals surface area contributed by atoms with Crippen molar-refractivity contribution in [2.24, 2.45) is 0 Å². The minimum atomic E-state index is -3.05. The number of nitrogens with one attached hydrogen (secondary N) is 1. The lowest BCUT2D eigenvalue weighted by Gasteiger charge is -2.04. The van der Waals surface area contributed by atoms with E-state index in [2.05, 4.69) is 10.3 Å². The number of hydrogen-bond donors (Lipinski definition) is 1. The van der Waals surface area contributed by atoms with Gasteiger partial charge in [-0.05, 0) is 27.3 Å². The van der Waals surface area contributed by atoms with Gasteiger partial charge in [0, 0.05) is 11.4 Å². The molecule has 0 fully saturated rings. The van der Waals surface area contributed by atoms with Crippen LogP contribution in [0.3, 0.4) is 0 Å². The predicted octanol–water partition coefficient (Wildman–Crippen LogP) is 1.88. The van der Waals surface area contributed by atoms with E-state index in [0.717, 1.165) is 23.7 Å². The quantitative estimate of drug-likeness (QED) is 0.862. The van der Waals surface area contributed by atoms with Gasteiger partial charge in [-0.25, -0.2) is 13.4 Å². The van der Waals surface area contributed by atoms with Crippen LogP contribution < -0.4 is 5.32 Å². The minimum absolute atomic E-state index is 0.0578. The summed E-state index contributed by atoms with van der Waals surface area (Å²) >= 11 is 1.49. The largest absolute Gasteiger partial charge is 0.312 e. The van der Waals surface area contributed by atoms with Crippen molar-refractivity contribution in [1.29, 1.82) is 0 Å². The van der Waals surface area contributed by atoms with Gasteiger partial charge in [0.15, 0.2) is 9.84 Å². The maximum Gasteiger partial charge on any atom is 0.159 e. The number of rotatable bonds is 6. The first kappa shape index (κ1) is 14.6. The molecular weight excluding hydrogens is 256 g/mol. The zero-order chi connectivity index (χ0) is 13.1. The number of thiazole rings is 1. The lowest BCUT2D eigenvalue weighted by molar-refractivity contribution is 0.586. The number of sulfone groups is 1. The number of hydrogen-bond acceptors (Lipinski definition) is 5.